The highest BCUT2D eigenvalue weighted by molar-refractivity contribution is 7.91. The van der Waals surface area contributed by atoms with Crippen molar-refractivity contribution in [2.75, 3.05) is 31.8 Å². The summed E-state index contributed by atoms with van der Waals surface area (Å²) in [5.74, 6) is -0.275. The molecule has 1 aromatic rings. The minimum absolute atomic E-state index is 0.0254. The highest BCUT2D eigenvalue weighted by Crippen LogP contribution is 2.18. The number of nitrogens with zero attached hydrogens (tertiary/aromatic N) is 1. The fourth-order valence-corrected chi connectivity index (χ4v) is 4.68. The fraction of sp³-hybridized carbons (Fsp3) is 0.474. The highest BCUT2D eigenvalue weighted by atomic mass is 32.2. The Kier molecular flexibility index (Phi) is 7.41. The summed E-state index contributed by atoms with van der Waals surface area (Å²) in [4.78, 5) is 25.8. The van der Waals surface area contributed by atoms with E-state index in [2.05, 4.69) is 0 Å². The molecule has 1 aliphatic rings. The van der Waals surface area contributed by atoms with Crippen molar-refractivity contribution in [3.8, 4) is 5.75 Å². The Morgan fingerprint density at radius 2 is 2.11 bits per heavy atom. The predicted octanol–water partition coefficient (Wildman–Crippen LogP) is 1.68. The summed E-state index contributed by atoms with van der Waals surface area (Å²) < 4.78 is 33.5. The molecular weight excluding hydrogens is 370 g/mol. The van der Waals surface area contributed by atoms with Gasteiger partial charge in [-0.3, -0.25) is 4.79 Å². The molecule has 0 N–H and O–H groups in total. The van der Waals surface area contributed by atoms with E-state index in [1.54, 1.807) is 37.5 Å². The van der Waals surface area contributed by atoms with E-state index in [1.807, 2.05) is 6.92 Å². The molecule has 0 bridgehead atoms. The molecule has 0 aromatic heterocycles. The van der Waals surface area contributed by atoms with Crippen LogP contribution in [0.15, 0.2) is 30.3 Å². The van der Waals surface area contributed by atoms with Gasteiger partial charge in [-0.1, -0.05) is 19.1 Å². The summed E-state index contributed by atoms with van der Waals surface area (Å²) in [5, 5.41) is 0. The van der Waals surface area contributed by atoms with Crippen LogP contribution in [0.4, 0.5) is 0 Å². The molecule has 148 valence electrons. The molecule has 8 heteroatoms. The number of esters is 1. The lowest BCUT2D eigenvalue weighted by atomic mass is 10.2. The molecule has 1 aromatic carbocycles. The van der Waals surface area contributed by atoms with Crippen molar-refractivity contribution in [2.45, 2.75) is 25.8 Å². The lowest BCUT2D eigenvalue weighted by molar-refractivity contribution is -0.149. The Hall–Kier alpha value is -2.35. The molecule has 1 heterocycles. The van der Waals surface area contributed by atoms with Crippen molar-refractivity contribution in [1.29, 1.82) is 0 Å². The SMILES string of the molecule is CCCN(C(=O)COC(=O)/C=C/c1cccc(OC)c1)[C@H]1CCS(=O)(=O)C1. The quantitative estimate of drug-likeness (QED) is 0.491. The number of carbonyl (C=O) groups is 2. The summed E-state index contributed by atoms with van der Waals surface area (Å²) in [5.41, 5.74) is 0.765. The molecule has 0 saturated carbocycles. The van der Waals surface area contributed by atoms with Gasteiger partial charge in [0.05, 0.1) is 18.6 Å². The first-order chi connectivity index (χ1) is 12.8. The standard InChI is InChI=1S/C19H25NO6S/c1-3-10-20(16-9-11-27(23,24)14-16)18(21)13-26-19(22)8-7-15-5-4-6-17(12-15)25-2/h4-8,12,16H,3,9-11,13-14H2,1-2H3/b8-7+/t16-/m0/s1. The van der Waals surface area contributed by atoms with Gasteiger partial charge in [-0.2, -0.15) is 0 Å². The zero-order chi connectivity index (χ0) is 19.9. The second-order valence-corrected chi connectivity index (χ2v) is 8.59. The molecule has 0 spiro atoms. The zero-order valence-electron chi connectivity index (χ0n) is 15.6. The normalized spacial score (nSPS) is 18.4. The minimum Gasteiger partial charge on any atom is -0.497 e. The number of hydrogen-bond donors (Lipinski definition) is 0. The number of sulfone groups is 1. The summed E-state index contributed by atoms with van der Waals surface area (Å²) in [6.07, 6.45) is 3.94. The molecular formula is C19H25NO6S. The Labute approximate surface area is 159 Å². The first-order valence-electron chi connectivity index (χ1n) is 8.83. The highest BCUT2D eigenvalue weighted by Gasteiger charge is 2.34. The van der Waals surface area contributed by atoms with Crippen molar-refractivity contribution in [3.63, 3.8) is 0 Å². The largest absolute Gasteiger partial charge is 0.497 e. The van der Waals surface area contributed by atoms with Gasteiger partial charge in [0.2, 0.25) is 0 Å². The zero-order valence-corrected chi connectivity index (χ0v) is 16.4. The Morgan fingerprint density at radius 3 is 2.74 bits per heavy atom. The van der Waals surface area contributed by atoms with Crippen molar-refractivity contribution < 1.29 is 27.5 Å². The van der Waals surface area contributed by atoms with Crippen LogP contribution in [-0.2, 0) is 24.2 Å². The van der Waals surface area contributed by atoms with Gasteiger partial charge in [0, 0.05) is 18.7 Å². The van der Waals surface area contributed by atoms with E-state index in [0.717, 1.165) is 5.56 Å². The summed E-state index contributed by atoms with van der Waals surface area (Å²) in [6.45, 7) is 1.95. The van der Waals surface area contributed by atoms with E-state index in [4.69, 9.17) is 9.47 Å². The summed E-state index contributed by atoms with van der Waals surface area (Å²) >= 11 is 0. The molecule has 1 saturated heterocycles. The van der Waals surface area contributed by atoms with E-state index < -0.39 is 22.4 Å². The van der Waals surface area contributed by atoms with Gasteiger partial charge >= 0.3 is 5.97 Å². The van der Waals surface area contributed by atoms with Gasteiger partial charge < -0.3 is 14.4 Å². The smallest absolute Gasteiger partial charge is 0.331 e. The molecule has 0 aliphatic carbocycles. The number of hydrogen-bond acceptors (Lipinski definition) is 6. The minimum atomic E-state index is -3.09. The van der Waals surface area contributed by atoms with Gasteiger partial charge in [-0.05, 0) is 36.6 Å². The summed E-state index contributed by atoms with van der Waals surface area (Å²) in [7, 11) is -1.54. The topological polar surface area (TPSA) is 90.0 Å². The molecule has 0 unspecified atom stereocenters. The Bertz CT molecular complexity index is 802. The third-order valence-electron chi connectivity index (χ3n) is 4.28. The van der Waals surface area contributed by atoms with Gasteiger partial charge in [-0.25, -0.2) is 13.2 Å². The van der Waals surface area contributed by atoms with Crippen molar-refractivity contribution in [2.24, 2.45) is 0 Å². The summed E-state index contributed by atoms with van der Waals surface area (Å²) in [6, 6.07) is 6.82. The maximum absolute atomic E-state index is 12.4. The molecule has 1 atom stereocenters. The van der Waals surface area contributed by atoms with E-state index in [9.17, 15) is 18.0 Å². The van der Waals surface area contributed by atoms with Crippen LogP contribution in [0.5, 0.6) is 5.75 Å². The number of carbonyl (C=O) groups excluding carboxylic acids is 2. The molecule has 7 nitrogen and oxygen atoms in total. The van der Waals surface area contributed by atoms with Gasteiger partial charge in [0.1, 0.15) is 5.75 Å². The fourth-order valence-electron chi connectivity index (χ4n) is 2.95. The third kappa shape index (κ3) is 6.39. The van der Waals surface area contributed by atoms with Gasteiger partial charge in [0.25, 0.3) is 5.91 Å². The van der Waals surface area contributed by atoms with E-state index >= 15 is 0 Å². The molecule has 1 amide bonds. The lowest BCUT2D eigenvalue weighted by Gasteiger charge is -2.27. The van der Waals surface area contributed by atoms with Crippen LogP contribution in [0.1, 0.15) is 25.3 Å². The number of methoxy groups -OCH3 is 1. The van der Waals surface area contributed by atoms with Crippen molar-refractivity contribution >= 4 is 27.8 Å². The first kappa shape index (κ1) is 21.0. The van der Waals surface area contributed by atoms with Crippen molar-refractivity contribution in [1.82, 2.24) is 4.90 Å². The number of ether oxygens (including phenoxy) is 2. The van der Waals surface area contributed by atoms with Crippen LogP contribution in [0.3, 0.4) is 0 Å². The van der Waals surface area contributed by atoms with Crippen LogP contribution in [0, 0.1) is 0 Å². The average Bonchev–Trinajstić information content (AvgIpc) is 3.02. The average molecular weight is 395 g/mol. The number of amides is 1. The number of rotatable bonds is 8. The molecule has 27 heavy (non-hydrogen) atoms. The Morgan fingerprint density at radius 1 is 1.33 bits per heavy atom. The van der Waals surface area contributed by atoms with Crippen LogP contribution in [0.2, 0.25) is 0 Å². The predicted molar refractivity (Wildman–Crippen MR) is 102 cm³/mol. The third-order valence-corrected chi connectivity index (χ3v) is 6.03. The van der Waals surface area contributed by atoms with Crippen LogP contribution >= 0.6 is 0 Å². The van der Waals surface area contributed by atoms with Crippen LogP contribution < -0.4 is 4.74 Å². The van der Waals surface area contributed by atoms with Crippen LogP contribution in [-0.4, -0.2) is 63.0 Å². The van der Waals surface area contributed by atoms with Gasteiger partial charge in [-0.15, -0.1) is 0 Å². The maximum Gasteiger partial charge on any atom is 0.331 e. The Balaban J connectivity index is 1.90. The molecule has 1 fully saturated rings. The second-order valence-electron chi connectivity index (χ2n) is 6.36. The lowest BCUT2D eigenvalue weighted by Crippen LogP contribution is -2.43. The monoisotopic (exact) mass is 395 g/mol. The van der Waals surface area contributed by atoms with Gasteiger partial charge in [0.15, 0.2) is 16.4 Å². The number of benzene rings is 1. The second kappa shape index (κ2) is 9.55. The molecule has 2 rings (SSSR count). The van der Waals surface area contributed by atoms with Crippen molar-refractivity contribution in [3.05, 3.63) is 35.9 Å². The maximum atomic E-state index is 12.4. The van der Waals surface area contributed by atoms with Crippen LogP contribution in [0.25, 0.3) is 6.08 Å². The first-order valence-corrected chi connectivity index (χ1v) is 10.7. The van der Waals surface area contributed by atoms with E-state index in [0.29, 0.717) is 25.1 Å². The van der Waals surface area contributed by atoms with E-state index in [-0.39, 0.29) is 23.5 Å². The molecule has 1 aliphatic heterocycles. The molecule has 0 radical (unpaired) electrons. The van der Waals surface area contributed by atoms with E-state index in [1.165, 1.54) is 11.0 Å².